The van der Waals surface area contributed by atoms with Crippen molar-refractivity contribution in [2.24, 2.45) is 11.7 Å². The van der Waals surface area contributed by atoms with Gasteiger partial charge in [-0.15, -0.1) is 0 Å². The molecule has 2 N–H and O–H groups in total. The largest absolute Gasteiger partial charge is 0.457 e. The van der Waals surface area contributed by atoms with Crippen molar-refractivity contribution in [3.05, 3.63) is 47.5 Å². The van der Waals surface area contributed by atoms with Crippen molar-refractivity contribution >= 4 is 11.9 Å². The topological polar surface area (TPSA) is 69.4 Å². The highest BCUT2D eigenvalue weighted by molar-refractivity contribution is 5.92. The van der Waals surface area contributed by atoms with E-state index in [9.17, 15) is 9.59 Å². The number of carbonyl (C=O) groups excluding carboxylic acids is 2. The van der Waals surface area contributed by atoms with E-state index in [2.05, 4.69) is 0 Å². The molecule has 24 heavy (non-hydrogen) atoms. The highest BCUT2D eigenvalue weighted by atomic mass is 16.6. The van der Waals surface area contributed by atoms with Crippen LogP contribution in [0, 0.1) is 5.92 Å². The Hall–Kier alpha value is -2.10. The van der Waals surface area contributed by atoms with Gasteiger partial charge in [0.2, 0.25) is 5.91 Å². The number of nitrogens with two attached hydrogens (primary N) is 1. The fourth-order valence-electron chi connectivity index (χ4n) is 3.11. The molecular weight excluding hydrogens is 302 g/mol. The molecule has 0 radical (unpaired) electrons. The third-order valence-corrected chi connectivity index (χ3v) is 4.35. The summed E-state index contributed by atoms with van der Waals surface area (Å²) in [7, 11) is 0. The molecule has 0 bridgehead atoms. The molecule has 1 fully saturated rings. The number of rotatable bonds is 4. The number of hydrogen-bond donors (Lipinski definition) is 1. The summed E-state index contributed by atoms with van der Waals surface area (Å²) in [5.74, 6) is 0.279. The highest BCUT2D eigenvalue weighted by Crippen LogP contribution is 2.36. The maximum atomic E-state index is 11.7. The van der Waals surface area contributed by atoms with Gasteiger partial charge in [-0.05, 0) is 76.0 Å². The third kappa shape index (κ3) is 5.52. The van der Waals surface area contributed by atoms with Crippen molar-refractivity contribution < 1.29 is 14.3 Å². The molecule has 1 saturated carbocycles. The Balaban J connectivity index is 1.85. The predicted octanol–water partition coefficient (Wildman–Crippen LogP) is 3.96. The van der Waals surface area contributed by atoms with Crippen molar-refractivity contribution in [2.45, 2.75) is 58.0 Å². The lowest BCUT2D eigenvalue weighted by Gasteiger charge is -2.27. The second kappa shape index (κ2) is 7.65. The number of carbonyl (C=O) groups is 2. The summed E-state index contributed by atoms with van der Waals surface area (Å²) in [6.07, 6.45) is 7.83. The molecule has 0 spiro atoms. The van der Waals surface area contributed by atoms with Crippen LogP contribution in [0.3, 0.4) is 0 Å². The predicted molar refractivity (Wildman–Crippen MR) is 94.6 cm³/mol. The van der Waals surface area contributed by atoms with Gasteiger partial charge >= 0.3 is 5.97 Å². The average molecular weight is 329 g/mol. The van der Waals surface area contributed by atoms with E-state index in [1.54, 1.807) is 18.2 Å². The molecule has 1 aliphatic rings. The molecule has 1 amide bonds. The van der Waals surface area contributed by atoms with Gasteiger partial charge in [0.25, 0.3) is 0 Å². The van der Waals surface area contributed by atoms with Crippen molar-refractivity contribution in [3.63, 3.8) is 0 Å². The molecular formula is C20H27NO3. The summed E-state index contributed by atoms with van der Waals surface area (Å²) in [5, 5.41) is 0. The van der Waals surface area contributed by atoms with Gasteiger partial charge in [0.15, 0.2) is 0 Å². The first-order valence-electron chi connectivity index (χ1n) is 8.55. The lowest BCUT2D eigenvalue weighted by atomic mass is 9.78. The highest BCUT2D eigenvalue weighted by Gasteiger charge is 2.21. The zero-order valence-electron chi connectivity index (χ0n) is 14.7. The average Bonchev–Trinajstić information content (AvgIpc) is 2.52. The molecule has 1 aromatic rings. The van der Waals surface area contributed by atoms with Gasteiger partial charge in [-0.1, -0.05) is 18.2 Å². The van der Waals surface area contributed by atoms with Crippen LogP contribution in [-0.2, 0) is 9.53 Å². The Kier molecular flexibility index (Phi) is 5.81. The molecule has 2 rings (SSSR count). The smallest absolute Gasteiger partial charge is 0.330 e. The Labute approximate surface area is 144 Å². The molecule has 130 valence electrons. The van der Waals surface area contributed by atoms with E-state index < -0.39 is 11.5 Å². The van der Waals surface area contributed by atoms with E-state index in [0.717, 1.165) is 25.7 Å². The second-order valence-electron chi connectivity index (χ2n) is 7.49. The molecule has 0 unspecified atom stereocenters. The van der Waals surface area contributed by atoms with Crippen LogP contribution in [0.15, 0.2) is 36.4 Å². The van der Waals surface area contributed by atoms with Crippen molar-refractivity contribution in [1.29, 1.82) is 0 Å². The van der Waals surface area contributed by atoms with Gasteiger partial charge in [0, 0.05) is 11.6 Å². The summed E-state index contributed by atoms with van der Waals surface area (Å²) < 4.78 is 5.29. The molecule has 0 atom stereocenters. The molecule has 0 saturated heterocycles. The van der Waals surface area contributed by atoms with Crippen LogP contribution in [0.4, 0.5) is 0 Å². The maximum Gasteiger partial charge on any atom is 0.330 e. The summed E-state index contributed by atoms with van der Waals surface area (Å²) >= 11 is 0. The van der Waals surface area contributed by atoms with Crippen LogP contribution in [0.5, 0.6) is 0 Å². The van der Waals surface area contributed by atoms with E-state index >= 15 is 0 Å². The van der Waals surface area contributed by atoms with E-state index in [1.807, 2.05) is 39.0 Å². The lowest BCUT2D eigenvalue weighted by Crippen LogP contribution is -2.22. The minimum Gasteiger partial charge on any atom is -0.457 e. The molecule has 1 aromatic carbocycles. The first kappa shape index (κ1) is 18.2. The fourth-order valence-corrected chi connectivity index (χ4v) is 3.11. The van der Waals surface area contributed by atoms with E-state index in [0.29, 0.717) is 17.4 Å². The first-order chi connectivity index (χ1) is 11.2. The lowest BCUT2D eigenvalue weighted by molar-refractivity contribution is -0.148. The number of allylic oxidation sites excluding steroid dienone is 1. The molecule has 4 nitrogen and oxygen atoms in total. The Bertz CT molecular complexity index is 603. The molecule has 0 aromatic heterocycles. The zero-order chi connectivity index (χ0) is 17.7. The molecule has 0 heterocycles. The van der Waals surface area contributed by atoms with Crippen LogP contribution < -0.4 is 5.73 Å². The summed E-state index contributed by atoms with van der Waals surface area (Å²) in [4.78, 5) is 22.8. The van der Waals surface area contributed by atoms with Gasteiger partial charge in [0.1, 0.15) is 5.60 Å². The molecule has 4 heteroatoms. The number of primary amides is 1. The number of esters is 1. The number of benzene rings is 1. The van der Waals surface area contributed by atoms with Gasteiger partial charge in [-0.3, -0.25) is 4.79 Å². The van der Waals surface area contributed by atoms with Crippen LogP contribution in [0.1, 0.15) is 68.3 Å². The van der Waals surface area contributed by atoms with Crippen LogP contribution in [-0.4, -0.2) is 17.5 Å². The van der Waals surface area contributed by atoms with Crippen molar-refractivity contribution in [1.82, 2.24) is 0 Å². The monoisotopic (exact) mass is 329 g/mol. The van der Waals surface area contributed by atoms with Crippen LogP contribution >= 0.6 is 0 Å². The normalized spacial score (nSPS) is 21.6. The fraction of sp³-hybridized carbons (Fsp3) is 0.500. The number of amides is 1. The Morgan fingerprint density at radius 3 is 2.17 bits per heavy atom. The van der Waals surface area contributed by atoms with Crippen LogP contribution in [0.25, 0.3) is 0 Å². The van der Waals surface area contributed by atoms with Crippen molar-refractivity contribution in [3.8, 4) is 0 Å². The Morgan fingerprint density at radius 1 is 1.08 bits per heavy atom. The third-order valence-electron chi connectivity index (χ3n) is 4.35. The number of ether oxygens (including phenoxy) is 1. The van der Waals surface area contributed by atoms with E-state index in [1.165, 1.54) is 5.56 Å². The van der Waals surface area contributed by atoms with E-state index in [4.69, 9.17) is 10.5 Å². The van der Waals surface area contributed by atoms with Crippen LogP contribution in [0.2, 0.25) is 0 Å². The standard InChI is InChI=1S/C20H27NO3/c1-20(2,3)24-18(22)13-6-14-4-7-15(8-5-14)16-9-11-17(12-10-16)19(21)23/h6,9-15H,4-5,7-8H2,1-3H3,(H2,21,23)/t14-,15-. The minimum absolute atomic E-state index is 0.272. The van der Waals surface area contributed by atoms with Gasteiger partial charge in [-0.25, -0.2) is 4.79 Å². The SMILES string of the molecule is CC(C)(C)OC(=O)C=C[C@H]1CC[C@H](c2ccc(C(N)=O)cc2)CC1. The first-order valence-corrected chi connectivity index (χ1v) is 8.55. The second-order valence-corrected chi connectivity index (χ2v) is 7.49. The zero-order valence-corrected chi connectivity index (χ0v) is 14.7. The summed E-state index contributed by atoms with van der Waals surface area (Å²) in [6, 6.07) is 7.60. The Morgan fingerprint density at radius 2 is 1.67 bits per heavy atom. The molecule has 0 aliphatic heterocycles. The number of hydrogen-bond acceptors (Lipinski definition) is 3. The molecule has 1 aliphatic carbocycles. The van der Waals surface area contributed by atoms with Crippen molar-refractivity contribution in [2.75, 3.05) is 0 Å². The van der Waals surface area contributed by atoms with Gasteiger partial charge in [0.05, 0.1) is 0 Å². The maximum absolute atomic E-state index is 11.7. The summed E-state index contributed by atoms with van der Waals surface area (Å²) in [5.41, 5.74) is 6.63. The van der Waals surface area contributed by atoms with Gasteiger partial charge in [-0.2, -0.15) is 0 Å². The minimum atomic E-state index is -0.448. The van der Waals surface area contributed by atoms with E-state index in [-0.39, 0.29) is 5.97 Å². The quantitative estimate of drug-likeness (QED) is 0.671. The van der Waals surface area contributed by atoms with Gasteiger partial charge < -0.3 is 10.5 Å². The summed E-state index contributed by atoms with van der Waals surface area (Å²) in [6.45, 7) is 5.61.